The summed E-state index contributed by atoms with van der Waals surface area (Å²) in [7, 11) is 1.60. The summed E-state index contributed by atoms with van der Waals surface area (Å²) in [5.41, 5.74) is 6.81. The number of urea groups is 1. The number of aromatic hydroxyl groups is 1. The molecule has 176 valence electrons. The lowest BCUT2D eigenvalue weighted by molar-refractivity contribution is -0.716. The second-order valence-electron chi connectivity index (χ2n) is 8.43. The van der Waals surface area contributed by atoms with Gasteiger partial charge in [0.2, 0.25) is 0 Å². The van der Waals surface area contributed by atoms with Crippen molar-refractivity contribution in [2.24, 2.45) is 5.73 Å². The SMILES string of the molecule is C[N+]1(C(=O)NCCCCCN)C=C(C(=O)O)C(c2c3ccc(=O)cc-3oc3cc(O)ccc23)=C1. The highest BCUT2D eigenvalue weighted by Crippen LogP contribution is 2.43. The number of quaternary nitrogens is 1. The van der Waals surface area contributed by atoms with Crippen molar-refractivity contribution in [3.63, 3.8) is 0 Å². The van der Waals surface area contributed by atoms with Crippen LogP contribution in [0.25, 0.3) is 27.9 Å². The van der Waals surface area contributed by atoms with Crippen molar-refractivity contribution in [2.45, 2.75) is 19.3 Å². The number of aliphatic carboxylic acids is 1. The van der Waals surface area contributed by atoms with E-state index in [9.17, 15) is 24.6 Å². The molecule has 2 aliphatic heterocycles. The van der Waals surface area contributed by atoms with Crippen LogP contribution in [0.3, 0.4) is 0 Å². The van der Waals surface area contributed by atoms with E-state index >= 15 is 0 Å². The van der Waals surface area contributed by atoms with Gasteiger partial charge in [-0.2, -0.15) is 4.48 Å². The molecule has 9 nitrogen and oxygen atoms in total. The van der Waals surface area contributed by atoms with Crippen LogP contribution in [0.5, 0.6) is 5.75 Å². The first kappa shape index (κ1) is 23.2. The van der Waals surface area contributed by atoms with Crippen LogP contribution in [0.15, 0.2) is 63.6 Å². The summed E-state index contributed by atoms with van der Waals surface area (Å²) in [6, 6.07) is 8.38. The molecule has 34 heavy (non-hydrogen) atoms. The lowest BCUT2D eigenvalue weighted by Gasteiger charge is -2.20. The Morgan fingerprint density at radius 2 is 1.88 bits per heavy atom. The molecule has 0 radical (unpaired) electrons. The van der Waals surface area contributed by atoms with Gasteiger partial charge in [-0.3, -0.25) is 4.79 Å². The van der Waals surface area contributed by atoms with Crippen LogP contribution in [0.1, 0.15) is 24.8 Å². The van der Waals surface area contributed by atoms with Crippen LogP contribution >= 0.6 is 0 Å². The number of benzene rings is 2. The van der Waals surface area contributed by atoms with Gasteiger partial charge < -0.3 is 25.7 Å². The number of carboxylic acids is 1. The van der Waals surface area contributed by atoms with Crippen molar-refractivity contribution in [3.05, 3.63) is 70.2 Å². The van der Waals surface area contributed by atoms with Gasteiger partial charge in [-0.05, 0) is 43.7 Å². The Hall–Kier alpha value is -3.95. The van der Waals surface area contributed by atoms with Gasteiger partial charge >= 0.3 is 12.0 Å². The number of rotatable bonds is 7. The number of carboxylic acid groups (broad SMARTS) is 1. The molecule has 1 atom stereocenters. The van der Waals surface area contributed by atoms with Crippen molar-refractivity contribution < 1.29 is 28.7 Å². The number of unbranched alkanes of at least 4 members (excludes halogenated alkanes) is 2. The number of carbonyl (C=O) groups is 2. The molecule has 2 amide bonds. The molecule has 0 saturated heterocycles. The van der Waals surface area contributed by atoms with E-state index in [0.29, 0.717) is 35.2 Å². The molecular weight excluding hydrogens is 438 g/mol. The highest BCUT2D eigenvalue weighted by Gasteiger charge is 2.40. The van der Waals surface area contributed by atoms with E-state index in [-0.39, 0.29) is 38.6 Å². The fourth-order valence-electron chi connectivity index (χ4n) is 4.16. The van der Waals surface area contributed by atoms with Gasteiger partial charge in [0.05, 0.1) is 12.6 Å². The topological polar surface area (TPSA) is 143 Å². The Labute approximate surface area is 195 Å². The number of fused-ring (bicyclic) bond motifs is 2. The summed E-state index contributed by atoms with van der Waals surface area (Å²) in [5.74, 6) is -0.981. The Balaban J connectivity index is 1.84. The average Bonchev–Trinajstić information content (AvgIpc) is 3.16. The Kier molecular flexibility index (Phi) is 6.23. The third-order valence-electron chi connectivity index (χ3n) is 5.86. The number of hydrogen-bond acceptors (Lipinski definition) is 6. The molecule has 0 fully saturated rings. The lowest BCUT2D eigenvalue weighted by Crippen LogP contribution is -2.46. The van der Waals surface area contributed by atoms with Crippen LogP contribution in [-0.4, -0.2) is 46.8 Å². The summed E-state index contributed by atoms with van der Waals surface area (Å²) >= 11 is 0. The smallest absolute Gasteiger partial charge is 0.425 e. The van der Waals surface area contributed by atoms with Crippen molar-refractivity contribution in [3.8, 4) is 17.1 Å². The van der Waals surface area contributed by atoms with E-state index in [1.807, 2.05) is 0 Å². The number of phenolic OH excluding ortho intramolecular Hbond substituents is 1. The van der Waals surface area contributed by atoms with Crippen LogP contribution in [0, 0.1) is 0 Å². The highest BCUT2D eigenvalue weighted by molar-refractivity contribution is 6.12. The zero-order valence-corrected chi connectivity index (χ0v) is 18.7. The van der Waals surface area contributed by atoms with Gasteiger partial charge in [-0.25, -0.2) is 9.59 Å². The molecule has 4 rings (SSSR count). The van der Waals surface area contributed by atoms with Crippen LogP contribution < -0.4 is 16.5 Å². The molecule has 0 bridgehead atoms. The van der Waals surface area contributed by atoms with E-state index in [1.54, 1.807) is 25.4 Å². The number of phenols is 1. The summed E-state index contributed by atoms with van der Waals surface area (Å²) in [4.78, 5) is 37.2. The molecule has 2 heterocycles. The van der Waals surface area contributed by atoms with Crippen LogP contribution in [0.4, 0.5) is 4.79 Å². The first-order valence-corrected chi connectivity index (χ1v) is 11.0. The molecular formula is C25H26N3O6+. The molecule has 1 aromatic carbocycles. The zero-order chi connectivity index (χ0) is 24.5. The maximum absolute atomic E-state index is 13.0. The van der Waals surface area contributed by atoms with Crippen molar-refractivity contribution >= 4 is 28.5 Å². The van der Waals surface area contributed by atoms with Crippen molar-refractivity contribution in [2.75, 3.05) is 20.1 Å². The number of carbonyl (C=O) groups excluding carboxylic acids is 1. The van der Waals surface area contributed by atoms with E-state index in [1.165, 1.54) is 30.5 Å². The van der Waals surface area contributed by atoms with Gasteiger partial charge in [0.25, 0.3) is 0 Å². The summed E-state index contributed by atoms with van der Waals surface area (Å²) in [6.45, 7) is 1.04. The van der Waals surface area contributed by atoms with Crippen LogP contribution in [0.2, 0.25) is 0 Å². The predicted octanol–water partition coefficient (Wildman–Crippen LogP) is 3.21. The summed E-state index contributed by atoms with van der Waals surface area (Å²) in [5, 5.41) is 23.3. The van der Waals surface area contributed by atoms with Gasteiger partial charge in [0.15, 0.2) is 5.43 Å². The molecule has 5 N–H and O–H groups in total. The minimum absolute atomic E-state index is 0.0381. The Bertz CT molecular complexity index is 1370. The molecule has 0 saturated carbocycles. The highest BCUT2D eigenvalue weighted by atomic mass is 16.4. The molecule has 9 heteroatoms. The van der Waals surface area contributed by atoms with Gasteiger partial charge in [0.1, 0.15) is 35.1 Å². The quantitative estimate of drug-likeness (QED) is 0.239. The Morgan fingerprint density at radius 3 is 2.62 bits per heavy atom. The zero-order valence-electron chi connectivity index (χ0n) is 18.7. The van der Waals surface area contributed by atoms with E-state index in [4.69, 9.17) is 10.2 Å². The van der Waals surface area contributed by atoms with Gasteiger partial charge in [-0.15, -0.1) is 0 Å². The normalized spacial score (nSPS) is 17.6. The minimum Gasteiger partial charge on any atom is -0.508 e. The Morgan fingerprint density at radius 1 is 1.09 bits per heavy atom. The lowest BCUT2D eigenvalue weighted by atomic mass is 9.91. The van der Waals surface area contributed by atoms with Crippen molar-refractivity contribution in [1.82, 2.24) is 5.32 Å². The fourth-order valence-corrected chi connectivity index (χ4v) is 4.16. The fraction of sp³-hybridized carbons (Fsp3) is 0.240. The van der Waals surface area contributed by atoms with Crippen molar-refractivity contribution in [1.29, 1.82) is 0 Å². The third kappa shape index (κ3) is 4.30. The summed E-state index contributed by atoms with van der Waals surface area (Å²) < 4.78 is 5.45. The molecule has 1 unspecified atom stereocenters. The second kappa shape index (κ2) is 9.12. The average molecular weight is 464 g/mol. The first-order chi connectivity index (χ1) is 16.2. The van der Waals surface area contributed by atoms with E-state index in [0.717, 1.165) is 19.3 Å². The van der Waals surface area contributed by atoms with Gasteiger partial charge in [-0.1, -0.05) is 6.42 Å². The molecule has 3 aliphatic rings. The predicted molar refractivity (Wildman–Crippen MR) is 127 cm³/mol. The number of hydrogen-bond donors (Lipinski definition) is 4. The summed E-state index contributed by atoms with van der Waals surface area (Å²) in [6.07, 6.45) is 5.49. The minimum atomic E-state index is -1.19. The number of nitrogens with two attached hydrogens (primary N) is 1. The first-order valence-electron chi connectivity index (χ1n) is 11.0. The molecule has 0 spiro atoms. The second-order valence-corrected chi connectivity index (χ2v) is 8.43. The number of amides is 2. The van der Waals surface area contributed by atoms with Gasteiger partial charge in [0, 0.05) is 35.2 Å². The monoisotopic (exact) mass is 464 g/mol. The standard InChI is InChI=1S/C25H25N3O6/c1-28(25(33)27-10-4-2-3-9-26)13-19(20(14-28)24(31)32)23-17-7-5-15(29)11-21(17)34-22-12-16(30)6-8-18(22)23/h5-8,11-14H,2-4,9-10,26H2,1H3,(H2-,27,29,30,31,32,33)/p+1. The maximum atomic E-state index is 13.0. The van der Waals surface area contributed by atoms with E-state index < -0.39 is 5.97 Å². The molecule has 1 aliphatic carbocycles. The number of nitrogens with one attached hydrogen (secondary N) is 1. The molecule has 0 aromatic heterocycles. The maximum Gasteiger partial charge on any atom is 0.425 e. The number of nitrogens with zero attached hydrogens (tertiary/aromatic N) is 1. The van der Waals surface area contributed by atoms with Crippen LogP contribution in [-0.2, 0) is 4.79 Å². The molecule has 1 aromatic rings. The van der Waals surface area contributed by atoms with E-state index in [2.05, 4.69) is 5.32 Å². The largest absolute Gasteiger partial charge is 0.508 e. The third-order valence-corrected chi connectivity index (χ3v) is 5.86.